The molecule has 20 heavy (non-hydrogen) atoms. The second-order valence-corrected chi connectivity index (χ2v) is 5.52. The van der Waals surface area contributed by atoms with Crippen LogP contribution >= 0.6 is 15.9 Å². The van der Waals surface area contributed by atoms with Gasteiger partial charge in [-0.3, -0.25) is 4.68 Å². The van der Waals surface area contributed by atoms with Crippen molar-refractivity contribution < 1.29 is 14.6 Å². The third-order valence-corrected chi connectivity index (χ3v) is 3.87. The highest BCUT2D eigenvalue weighted by Gasteiger charge is 2.20. The Labute approximate surface area is 125 Å². The molecule has 1 aliphatic heterocycles. The Hall–Kier alpha value is -1.53. The number of rotatable bonds is 2. The van der Waals surface area contributed by atoms with Gasteiger partial charge < -0.3 is 14.6 Å². The van der Waals surface area contributed by atoms with E-state index in [0.29, 0.717) is 24.7 Å². The monoisotopic (exact) mass is 338 g/mol. The average molecular weight is 339 g/mol. The van der Waals surface area contributed by atoms with E-state index in [4.69, 9.17) is 9.47 Å². The Kier molecular flexibility index (Phi) is 3.67. The summed E-state index contributed by atoms with van der Waals surface area (Å²) in [5.74, 6) is 1.36. The van der Waals surface area contributed by atoms with E-state index >= 15 is 0 Å². The average Bonchev–Trinajstić information content (AvgIpc) is 2.72. The topological polar surface area (TPSA) is 56.5 Å². The second kappa shape index (κ2) is 5.46. The van der Waals surface area contributed by atoms with Gasteiger partial charge in [0.15, 0.2) is 11.5 Å². The summed E-state index contributed by atoms with van der Waals surface area (Å²) in [6.07, 6.45) is 1.76. The molecule has 0 spiro atoms. The Morgan fingerprint density at radius 1 is 1.35 bits per heavy atom. The van der Waals surface area contributed by atoms with Crippen LogP contribution in [-0.2, 0) is 7.05 Å². The van der Waals surface area contributed by atoms with Crippen LogP contribution < -0.4 is 9.47 Å². The largest absolute Gasteiger partial charge is 0.490 e. The lowest BCUT2D eigenvalue weighted by Gasteiger charge is -2.16. The third kappa shape index (κ3) is 2.41. The molecule has 2 aromatic rings. The second-order valence-electron chi connectivity index (χ2n) is 4.66. The molecule has 2 heterocycles. The molecule has 3 rings (SSSR count). The molecular formula is C14H15BrN2O3. The number of aliphatic hydroxyl groups is 1. The van der Waals surface area contributed by atoms with Gasteiger partial charge in [-0.1, -0.05) is 0 Å². The lowest BCUT2D eigenvalue weighted by molar-refractivity contribution is 0.209. The summed E-state index contributed by atoms with van der Waals surface area (Å²) in [6.45, 7) is 1.25. The van der Waals surface area contributed by atoms with E-state index in [9.17, 15) is 5.11 Å². The van der Waals surface area contributed by atoms with Gasteiger partial charge in [0, 0.05) is 19.7 Å². The summed E-state index contributed by atoms with van der Waals surface area (Å²) >= 11 is 3.48. The first-order valence-corrected chi connectivity index (χ1v) is 7.21. The molecule has 0 aliphatic carbocycles. The highest BCUT2D eigenvalue weighted by molar-refractivity contribution is 9.10. The summed E-state index contributed by atoms with van der Waals surface area (Å²) in [6, 6.07) is 5.47. The molecule has 1 atom stereocenters. The molecule has 6 heteroatoms. The van der Waals surface area contributed by atoms with E-state index in [2.05, 4.69) is 21.0 Å². The molecule has 0 saturated heterocycles. The Morgan fingerprint density at radius 2 is 2.15 bits per heavy atom. The van der Waals surface area contributed by atoms with Crippen molar-refractivity contribution in [2.75, 3.05) is 13.2 Å². The van der Waals surface area contributed by atoms with Crippen molar-refractivity contribution in [2.24, 2.45) is 7.05 Å². The van der Waals surface area contributed by atoms with E-state index in [0.717, 1.165) is 22.2 Å². The number of aliphatic hydroxyl groups excluding tert-OH is 1. The van der Waals surface area contributed by atoms with Gasteiger partial charge in [-0.2, -0.15) is 5.10 Å². The fourth-order valence-electron chi connectivity index (χ4n) is 2.23. The fraction of sp³-hybridized carbons (Fsp3) is 0.357. The zero-order chi connectivity index (χ0) is 14.1. The molecule has 0 fully saturated rings. The number of hydrogen-bond donors (Lipinski definition) is 1. The zero-order valence-electron chi connectivity index (χ0n) is 11.0. The van der Waals surface area contributed by atoms with E-state index in [1.807, 2.05) is 12.1 Å². The highest BCUT2D eigenvalue weighted by Crippen LogP contribution is 2.40. The molecule has 1 aromatic carbocycles. The lowest BCUT2D eigenvalue weighted by atomic mass is 10.1. The molecular weight excluding hydrogens is 324 g/mol. The van der Waals surface area contributed by atoms with Gasteiger partial charge in [0.25, 0.3) is 0 Å². The van der Waals surface area contributed by atoms with Crippen molar-refractivity contribution in [3.63, 3.8) is 0 Å². The van der Waals surface area contributed by atoms with Crippen LogP contribution in [0.5, 0.6) is 11.5 Å². The smallest absolute Gasteiger partial charge is 0.175 e. The molecule has 0 radical (unpaired) electrons. The predicted molar refractivity (Wildman–Crippen MR) is 77.0 cm³/mol. The van der Waals surface area contributed by atoms with Gasteiger partial charge in [-0.15, -0.1) is 0 Å². The van der Waals surface area contributed by atoms with Crippen molar-refractivity contribution in [2.45, 2.75) is 12.5 Å². The van der Waals surface area contributed by atoms with Crippen LogP contribution in [-0.4, -0.2) is 28.1 Å². The van der Waals surface area contributed by atoms with Gasteiger partial charge in [0.1, 0.15) is 6.10 Å². The van der Waals surface area contributed by atoms with E-state index in [-0.39, 0.29) is 0 Å². The van der Waals surface area contributed by atoms with Crippen LogP contribution in [0.1, 0.15) is 23.8 Å². The minimum Gasteiger partial charge on any atom is -0.490 e. The van der Waals surface area contributed by atoms with Gasteiger partial charge in [0.05, 0.1) is 23.4 Å². The first-order valence-electron chi connectivity index (χ1n) is 6.42. The maximum absolute atomic E-state index is 10.5. The molecule has 0 saturated carbocycles. The van der Waals surface area contributed by atoms with Crippen molar-refractivity contribution >= 4 is 15.9 Å². The van der Waals surface area contributed by atoms with Crippen molar-refractivity contribution in [1.29, 1.82) is 0 Å². The summed E-state index contributed by atoms with van der Waals surface area (Å²) < 4.78 is 13.8. The molecule has 1 aromatic heterocycles. The van der Waals surface area contributed by atoms with Crippen molar-refractivity contribution in [3.05, 3.63) is 40.1 Å². The molecule has 1 N–H and O–H groups in total. The summed E-state index contributed by atoms with van der Waals surface area (Å²) in [5, 5.41) is 14.6. The molecule has 1 unspecified atom stereocenters. The van der Waals surface area contributed by atoms with Crippen LogP contribution in [0.3, 0.4) is 0 Å². The highest BCUT2D eigenvalue weighted by atomic mass is 79.9. The van der Waals surface area contributed by atoms with Gasteiger partial charge in [0.2, 0.25) is 0 Å². The normalized spacial score (nSPS) is 15.8. The minimum absolute atomic E-state index is 0.616. The number of ether oxygens (including phenoxy) is 2. The summed E-state index contributed by atoms with van der Waals surface area (Å²) in [5.41, 5.74) is 1.47. The quantitative estimate of drug-likeness (QED) is 0.913. The van der Waals surface area contributed by atoms with Crippen LogP contribution in [0, 0.1) is 0 Å². The van der Waals surface area contributed by atoms with Crippen LogP contribution in [0.2, 0.25) is 0 Å². The Bertz CT molecular complexity index is 627. The van der Waals surface area contributed by atoms with E-state index in [1.165, 1.54) is 0 Å². The van der Waals surface area contributed by atoms with Crippen molar-refractivity contribution in [1.82, 2.24) is 9.78 Å². The number of benzene rings is 1. The summed E-state index contributed by atoms with van der Waals surface area (Å²) in [4.78, 5) is 0. The molecule has 1 aliphatic rings. The van der Waals surface area contributed by atoms with Crippen LogP contribution in [0.4, 0.5) is 0 Å². The maximum Gasteiger partial charge on any atom is 0.175 e. The van der Waals surface area contributed by atoms with Crippen molar-refractivity contribution in [3.8, 4) is 11.5 Å². The molecule has 0 amide bonds. The molecule has 106 valence electrons. The van der Waals surface area contributed by atoms with Gasteiger partial charge >= 0.3 is 0 Å². The zero-order valence-corrected chi connectivity index (χ0v) is 12.6. The Balaban J connectivity index is 2.01. The first kappa shape index (κ1) is 13.5. The standard InChI is InChI=1S/C14H15BrN2O3/c1-17-11(3-4-16-17)13(18)9-7-10(15)14-12(8-9)19-5-2-6-20-14/h3-4,7-8,13,18H,2,5-6H2,1H3. The molecule has 5 nitrogen and oxygen atoms in total. The maximum atomic E-state index is 10.5. The minimum atomic E-state index is -0.754. The first-order chi connectivity index (χ1) is 9.66. The number of halogens is 1. The van der Waals surface area contributed by atoms with E-state index < -0.39 is 6.10 Å². The number of hydrogen-bond acceptors (Lipinski definition) is 4. The third-order valence-electron chi connectivity index (χ3n) is 3.28. The Morgan fingerprint density at radius 3 is 2.90 bits per heavy atom. The fourth-order valence-corrected chi connectivity index (χ4v) is 2.81. The molecule has 0 bridgehead atoms. The van der Waals surface area contributed by atoms with Crippen LogP contribution in [0.15, 0.2) is 28.9 Å². The predicted octanol–water partition coefficient (Wildman–Crippen LogP) is 2.43. The number of nitrogens with zero attached hydrogens (tertiary/aromatic N) is 2. The van der Waals surface area contributed by atoms with Gasteiger partial charge in [-0.25, -0.2) is 0 Å². The lowest BCUT2D eigenvalue weighted by Crippen LogP contribution is -2.07. The SMILES string of the molecule is Cn1nccc1C(O)c1cc(Br)c2c(c1)OCCCO2. The number of aromatic nitrogens is 2. The summed E-state index contributed by atoms with van der Waals surface area (Å²) in [7, 11) is 1.80. The number of fused-ring (bicyclic) bond motifs is 1. The van der Waals surface area contributed by atoms with E-state index in [1.54, 1.807) is 24.0 Å². The van der Waals surface area contributed by atoms with Gasteiger partial charge in [-0.05, 0) is 39.7 Å². The number of aryl methyl sites for hydroxylation is 1. The van der Waals surface area contributed by atoms with Crippen LogP contribution in [0.25, 0.3) is 0 Å².